The molecule has 3 heterocycles. The van der Waals surface area contributed by atoms with Gasteiger partial charge in [-0.15, -0.1) is 6.42 Å². The fourth-order valence-electron chi connectivity index (χ4n) is 4.60. The number of hydrogen-bond donors (Lipinski definition) is 1. The monoisotopic (exact) mass is 456 g/mol. The molecule has 1 N–H and O–H groups in total. The summed E-state index contributed by atoms with van der Waals surface area (Å²) in [5, 5.41) is 10.2. The number of aliphatic hydroxyl groups excluding tert-OH is 1. The number of terminal acetylenes is 1. The maximum atomic E-state index is 13.3. The van der Waals surface area contributed by atoms with Crippen LogP contribution < -0.4 is 0 Å². The number of esters is 1. The smallest absolute Gasteiger partial charge is 0.321 e. The largest absolute Gasteiger partial charge is 0.435 e. The molecule has 0 aromatic heterocycles. The van der Waals surface area contributed by atoms with Crippen LogP contribution in [0.1, 0.15) is 32.8 Å². The van der Waals surface area contributed by atoms with Crippen molar-refractivity contribution in [2.24, 2.45) is 5.41 Å². The summed E-state index contributed by atoms with van der Waals surface area (Å²) in [4.78, 5) is 13.3. The van der Waals surface area contributed by atoms with Gasteiger partial charge in [-0.05, 0) is 29.8 Å². The normalized spacial score (nSPS) is 36.3. The SMILES string of the molecule is C#C[C@]12C=C[C@H](OCc3ccccc3)C(O1)[C@@H](O[Si](C)(C)C(C)(C)C)[C@@]21CC(O)OC1=O. The Hall–Kier alpha value is -1.95. The van der Waals surface area contributed by atoms with E-state index in [0.29, 0.717) is 6.61 Å². The molecular weight excluding hydrogens is 424 g/mol. The molecule has 6 nitrogen and oxygen atoms in total. The number of carbonyl (C=O) groups excluding carboxylic acids is 1. The summed E-state index contributed by atoms with van der Waals surface area (Å²) >= 11 is 0. The summed E-state index contributed by atoms with van der Waals surface area (Å²) in [6.07, 6.45) is 6.53. The van der Waals surface area contributed by atoms with Crippen molar-refractivity contribution in [3.05, 3.63) is 48.0 Å². The number of cyclic esters (lactones) is 1. The Morgan fingerprint density at radius 3 is 2.53 bits per heavy atom. The molecule has 2 fully saturated rings. The molecule has 6 atom stereocenters. The van der Waals surface area contributed by atoms with Crippen molar-refractivity contribution in [2.75, 3.05) is 0 Å². The number of fused-ring (bicyclic) bond motifs is 3. The third-order valence-electron chi connectivity index (χ3n) is 7.44. The molecule has 3 aliphatic rings. The number of benzene rings is 1. The van der Waals surface area contributed by atoms with Crippen LogP contribution >= 0.6 is 0 Å². The highest BCUT2D eigenvalue weighted by atomic mass is 28.4. The lowest BCUT2D eigenvalue weighted by Gasteiger charge is -2.43. The second-order valence-electron chi connectivity index (χ2n) is 10.4. The van der Waals surface area contributed by atoms with Crippen molar-refractivity contribution in [3.8, 4) is 12.3 Å². The van der Waals surface area contributed by atoms with Crippen LogP contribution in [-0.4, -0.2) is 49.6 Å². The first kappa shape index (κ1) is 23.2. The predicted octanol–water partition coefficient (Wildman–Crippen LogP) is 3.55. The van der Waals surface area contributed by atoms with E-state index in [4.69, 9.17) is 25.1 Å². The summed E-state index contributed by atoms with van der Waals surface area (Å²) in [6, 6.07) is 9.85. The zero-order chi connectivity index (χ0) is 23.4. The molecule has 0 radical (unpaired) electrons. The van der Waals surface area contributed by atoms with Gasteiger partial charge in [0.1, 0.15) is 17.6 Å². The van der Waals surface area contributed by atoms with Crippen LogP contribution in [0.15, 0.2) is 42.5 Å². The summed E-state index contributed by atoms with van der Waals surface area (Å²) in [5.74, 6) is 2.12. The molecule has 172 valence electrons. The van der Waals surface area contributed by atoms with Gasteiger partial charge in [0.2, 0.25) is 6.29 Å². The average molecular weight is 457 g/mol. The Bertz CT molecular complexity index is 945. The molecule has 0 amide bonds. The molecule has 7 heteroatoms. The summed E-state index contributed by atoms with van der Waals surface area (Å²) < 4.78 is 24.7. The van der Waals surface area contributed by atoms with Crippen molar-refractivity contribution in [2.45, 2.75) is 82.1 Å². The van der Waals surface area contributed by atoms with E-state index in [9.17, 15) is 9.90 Å². The van der Waals surface area contributed by atoms with Gasteiger partial charge in [0.05, 0.1) is 12.7 Å². The fourth-order valence-corrected chi connectivity index (χ4v) is 5.92. The molecule has 1 aromatic rings. The lowest BCUT2D eigenvalue weighted by Crippen LogP contribution is -2.56. The Labute approximate surface area is 191 Å². The number of aliphatic hydroxyl groups is 1. The third-order valence-corrected chi connectivity index (χ3v) is 11.9. The van der Waals surface area contributed by atoms with E-state index in [-0.39, 0.29) is 11.5 Å². The van der Waals surface area contributed by atoms with Crippen LogP contribution in [0.2, 0.25) is 18.1 Å². The number of hydrogen-bond acceptors (Lipinski definition) is 6. The van der Waals surface area contributed by atoms with Crippen molar-refractivity contribution in [1.82, 2.24) is 0 Å². The summed E-state index contributed by atoms with van der Waals surface area (Å²) in [5.41, 5.74) is -1.66. The zero-order valence-electron chi connectivity index (χ0n) is 19.3. The molecule has 0 saturated carbocycles. The lowest BCUT2D eigenvalue weighted by molar-refractivity contribution is -0.162. The van der Waals surface area contributed by atoms with Crippen LogP contribution in [0.4, 0.5) is 0 Å². The summed E-state index contributed by atoms with van der Waals surface area (Å²) in [7, 11) is -2.36. The minimum absolute atomic E-state index is 0.0154. The third kappa shape index (κ3) is 3.46. The molecule has 32 heavy (non-hydrogen) atoms. The average Bonchev–Trinajstić information content (AvgIpc) is 3.15. The van der Waals surface area contributed by atoms with Gasteiger partial charge in [-0.2, -0.15) is 0 Å². The quantitative estimate of drug-likeness (QED) is 0.316. The second-order valence-corrected chi connectivity index (χ2v) is 15.2. The van der Waals surface area contributed by atoms with Crippen LogP contribution in [0, 0.1) is 17.8 Å². The standard InChI is InChI=1S/C25H32O6Si/c1-7-24-14-13-18(28-16-17-11-9-8-10-12-17)20(30-24)21(31-32(5,6)23(2,3)4)25(24)15-19(26)29-22(25)27/h1,8-14,18-21,26H,15-16H2,2-6H3/t18-,19?,20?,21+,24+,25+/m0/s1. The maximum absolute atomic E-state index is 13.3. The van der Waals surface area contributed by atoms with Crippen LogP contribution in [-0.2, 0) is 30.0 Å². The second kappa shape index (κ2) is 7.82. The molecule has 1 spiro atoms. The van der Waals surface area contributed by atoms with Crippen molar-refractivity contribution in [3.63, 3.8) is 0 Å². The molecular formula is C25H32O6Si. The zero-order valence-corrected chi connectivity index (χ0v) is 20.3. The number of rotatable bonds is 5. The van der Waals surface area contributed by atoms with Gasteiger partial charge in [-0.25, -0.2) is 0 Å². The Kier molecular flexibility index (Phi) is 5.67. The van der Waals surface area contributed by atoms with E-state index in [1.54, 1.807) is 6.08 Å². The number of carbonyl (C=O) groups is 1. The minimum atomic E-state index is -2.36. The van der Waals surface area contributed by atoms with E-state index in [1.165, 1.54) is 0 Å². The molecule has 3 aliphatic heterocycles. The van der Waals surface area contributed by atoms with Gasteiger partial charge in [0.25, 0.3) is 0 Å². The first-order chi connectivity index (χ1) is 15.0. The summed E-state index contributed by atoms with van der Waals surface area (Å²) in [6.45, 7) is 11.0. The molecule has 0 aliphatic carbocycles. The van der Waals surface area contributed by atoms with Crippen LogP contribution in [0.3, 0.4) is 0 Å². The molecule has 1 aromatic carbocycles. The molecule has 2 saturated heterocycles. The predicted molar refractivity (Wildman–Crippen MR) is 122 cm³/mol. The van der Waals surface area contributed by atoms with Crippen LogP contribution in [0.5, 0.6) is 0 Å². The Morgan fingerprint density at radius 2 is 1.97 bits per heavy atom. The van der Waals surface area contributed by atoms with Gasteiger partial charge in [-0.3, -0.25) is 4.79 Å². The van der Waals surface area contributed by atoms with Crippen molar-refractivity contribution >= 4 is 14.3 Å². The maximum Gasteiger partial charge on any atom is 0.321 e. The lowest BCUT2D eigenvalue weighted by atomic mass is 9.68. The van der Waals surface area contributed by atoms with Gasteiger partial charge in [0.15, 0.2) is 13.9 Å². The highest BCUT2D eigenvalue weighted by Gasteiger charge is 2.75. The van der Waals surface area contributed by atoms with E-state index >= 15 is 0 Å². The van der Waals surface area contributed by atoms with Crippen LogP contribution in [0.25, 0.3) is 0 Å². The van der Waals surface area contributed by atoms with Crippen molar-refractivity contribution < 1.29 is 28.5 Å². The Morgan fingerprint density at radius 1 is 1.28 bits per heavy atom. The highest BCUT2D eigenvalue weighted by molar-refractivity contribution is 6.74. The first-order valence-corrected chi connectivity index (χ1v) is 13.9. The minimum Gasteiger partial charge on any atom is -0.435 e. The van der Waals surface area contributed by atoms with Crippen molar-refractivity contribution in [1.29, 1.82) is 0 Å². The van der Waals surface area contributed by atoms with Gasteiger partial charge >= 0.3 is 5.97 Å². The number of ether oxygens (including phenoxy) is 3. The van der Waals surface area contributed by atoms with Gasteiger partial charge < -0.3 is 23.7 Å². The van der Waals surface area contributed by atoms with E-state index in [1.807, 2.05) is 36.4 Å². The van der Waals surface area contributed by atoms with Gasteiger partial charge in [-0.1, -0.05) is 63.1 Å². The molecule has 2 bridgehead atoms. The topological polar surface area (TPSA) is 74.2 Å². The Balaban J connectivity index is 1.73. The highest BCUT2D eigenvalue weighted by Crippen LogP contribution is 2.59. The molecule has 4 rings (SSSR count). The molecule has 2 unspecified atom stereocenters. The first-order valence-electron chi connectivity index (χ1n) is 11.0. The van der Waals surface area contributed by atoms with Gasteiger partial charge in [0, 0.05) is 6.42 Å². The van der Waals surface area contributed by atoms with E-state index in [0.717, 1.165) is 5.56 Å². The fraction of sp³-hybridized carbons (Fsp3) is 0.560. The van der Waals surface area contributed by atoms with E-state index < -0.39 is 49.9 Å². The van der Waals surface area contributed by atoms with E-state index in [2.05, 4.69) is 39.8 Å².